The summed E-state index contributed by atoms with van der Waals surface area (Å²) >= 11 is 0. The number of hydrogen-bond acceptors (Lipinski definition) is 7. The zero-order chi connectivity index (χ0) is 20.3. The van der Waals surface area contributed by atoms with E-state index < -0.39 is 0 Å². The molecule has 29 heavy (non-hydrogen) atoms. The summed E-state index contributed by atoms with van der Waals surface area (Å²) in [7, 11) is 0. The van der Waals surface area contributed by atoms with Crippen LogP contribution in [0.2, 0.25) is 0 Å². The van der Waals surface area contributed by atoms with E-state index in [9.17, 15) is 9.59 Å². The molecular formula is C20H21N7O2. The summed E-state index contributed by atoms with van der Waals surface area (Å²) < 4.78 is 0. The molecule has 0 aliphatic rings. The van der Waals surface area contributed by atoms with Crippen LogP contribution < -0.4 is 21.3 Å². The second-order valence-electron chi connectivity index (χ2n) is 5.95. The van der Waals surface area contributed by atoms with Gasteiger partial charge in [0.15, 0.2) is 0 Å². The molecule has 9 nitrogen and oxygen atoms in total. The summed E-state index contributed by atoms with van der Waals surface area (Å²) in [5.74, 6) is 1.35. The molecule has 3 aromatic rings. The minimum atomic E-state index is -0.284. The normalized spacial score (nSPS) is 10.1. The van der Waals surface area contributed by atoms with Crippen LogP contribution in [0.15, 0.2) is 67.1 Å². The second-order valence-corrected chi connectivity index (χ2v) is 5.95. The number of nitrogens with zero attached hydrogens (tertiary/aromatic N) is 3. The number of nitrogens with one attached hydrogen (secondary N) is 4. The first-order valence-corrected chi connectivity index (χ1v) is 9.04. The molecule has 0 aliphatic heterocycles. The summed E-state index contributed by atoms with van der Waals surface area (Å²) in [5.41, 5.74) is 0.515. The fourth-order valence-electron chi connectivity index (χ4n) is 2.40. The summed E-state index contributed by atoms with van der Waals surface area (Å²) in [6.45, 7) is 0.769. The summed E-state index contributed by atoms with van der Waals surface area (Å²) in [6, 6.07) is 16.0. The van der Waals surface area contributed by atoms with Gasteiger partial charge in [0.25, 0.3) is 5.91 Å². The van der Waals surface area contributed by atoms with Gasteiger partial charge in [0.2, 0.25) is 5.91 Å². The van der Waals surface area contributed by atoms with Crippen molar-refractivity contribution < 1.29 is 9.59 Å². The number of aromatic nitrogens is 3. The topological polar surface area (TPSA) is 121 Å². The molecule has 9 heteroatoms. The van der Waals surface area contributed by atoms with Gasteiger partial charge in [-0.15, -0.1) is 0 Å². The van der Waals surface area contributed by atoms with Crippen LogP contribution in [-0.4, -0.2) is 46.4 Å². The van der Waals surface area contributed by atoms with Gasteiger partial charge in [-0.05, 0) is 24.3 Å². The number of anilines is 3. The molecule has 2 amide bonds. The van der Waals surface area contributed by atoms with Crippen LogP contribution in [0.1, 0.15) is 10.4 Å². The monoisotopic (exact) mass is 391 g/mol. The van der Waals surface area contributed by atoms with Gasteiger partial charge in [-0.25, -0.2) is 15.0 Å². The third kappa shape index (κ3) is 6.58. The summed E-state index contributed by atoms with van der Waals surface area (Å²) in [5, 5.41) is 11.5. The summed E-state index contributed by atoms with van der Waals surface area (Å²) in [6.07, 6.45) is 3.12. The fourth-order valence-corrected chi connectivity index (χ4v) is 2.40. The molecule has 2 aromatic heterocycles. The van der Waals surface area contributed by atoms with Gasteiger partial charge >= 0.3 is 0 Å². The van der Waals surface area contributed by atoms with Crippen molar-refractivity contribution in [3.8, 4) is 0 Å². The molecule has 0 unspecified atom stereocenters. The van der Waals surface area contributed by atoms with E-state index in [-0.39, 0.29) is 18.4 Å². The molecule has 4 N–H and O–H groups in total. The van der Waals surface area contributed by atoms with E-state index in [0.717, 1.165) is 0 Å². The second kappa shape index (κ2) is 10.4. The number of carbonyl (C=O) groups excluding carboxylic acids is 2. The maximum Gasteiger partial charge on any atom is 0.251 e. The Bertz CT molecular complexity index is 936. The lowest BCUT2D eigenvalue weighted by Crippen LogP contribution is -2.38. The van der Waals surface area contributed by atoms with Gasteiger partial charge in [0, 0.05) is 30.9 Å². The van der Waals surface area contributed by atoms with E-state index in [4.69, 9.17) is 0 Å². The Hall–Kier alpha value is -4.01. The van der Waals surface area contributed by atoms with Crippen molar-refractivity contribution in [3.05, 3.63) is 72.7 Å². The predicted molar refractivity (Wildman–Crippen MR) is 110 cm³/mol. The molecular weight excluding hydrogens is 370 g/mol. The molecule has 0 saturated heterocycles. The van der Waals surface area contributed by atoms with Crippen molar-refractivity contribution >= 4 is 29.3 Å². The minimum Gasteiger partial charge on any atom is -0.368 e. The molecule has 0 saturated carbocycles. The van der Waals surface area contributed by atoms with Gasteiger partial charge in [-0.1, -0.05) is 24.3 Å². The highest BCUT2D eigenvalue weighted by Crippen LogP contribution is 2.13. The molecule has 3 rings (SSSR count). The van der Waals surface area contributed by atoms with E-state index in [0.29, 0.717) is 36.1 Å². The average molecular weight is 391 g/mol. The maximum absolute atomic E-state index is 11.9. The largest absolute Gasteiger partial charge is 0.368 e. The molecule has 0 radical (unpaired) electrons. The van der Waals surface area contributed by atoms with Gasteiger partial charge in [-0.2, -0.15) is 0 Å². The zero-order valence-electron chi connectivity index (χ0n) is 15.6. The van der Waals surface area contributed by atoms with Gasteiger partial charge < -0.3 is 21.3 Å². The van der Waals surface area contributed by atoms with E-state index in [2.05, 4.69) is 36.2 Å². The van der Waals surface area contributed by atoms with Crippen molar-refractivity contribution in [2.45, 2.75) is 0 Å². The number of carbonyl (C=O) groups is 2. The fraction of sp³-hybridized carbons (Fsp3) is 0.150. The number of amides is 2. The molecule has 0 aliphatic carbocycles. The van der Waals surface area contributed by atoms with Crippen molar-refractivity contribution in [2.24, 2.45) is 0 Å². The number of benzene rings is 1. The lowest BCUT2D eigenvalue weighted by molar-refractivity contribution is -0.120. The third-order valence-electron chi connectivity index (χ3n) is 3.79. The van der Waals surface area contributed by atoms with Gasteiger partial charge in [0.05, 0.1) is 6.54 Å². The van der Waals surface area contributed by atoms with Gasteiger partial charge in [0.1, 0.15) is 23.8 Å². The van der Waals surface area contributed by atoms with Crippen LogP contribution in [0, 0.1) is 0 Å². The van der Waals surface area contributed by atoms with E-state index in [1.54, 1.807) is 36.5 Å². The zero-order valence-corrected chi connectivity index (χ0v) is 15.6. The van der Waals surface area contributed by atoms with Gasteiger partial charge in [-0.3, -0.25) is 9.59 Å². The Morgan fingerprint density at radius 3 is 2.38 bits per heavy atom. The molecule has 2 heterocycles. The first-order valence-electron chi connectivity index (χ1n) is 9.04. The van der Waals surface area contributed by atoms with E-state index in [1.807, 2.05) is 24.3 Å². The minimum absolute atomic E-state index is 0.0840. The first-order chi connectivity index (χ1) is 14.2. The molecule has 1 aromatic carbocycles. The number of hydrogen-bond donors (Lipinski definition) is 4. The standard InChI is InChI=1S/C20H21N7O2/c28-19(13-24-20(29)15-6-2-1-3-7-15)23-11-10-22-17-12-18(26-14-25-17)27-16-8-4-5-9-21-16/h1-9,12,14H,10-11,13H2,(H,23,28)(H,24,29)(H2,21,22,25,26,27). The first kappa shape index (κ1) is 19.7. The highest BCUT2D eigenvalue weighted by molar-refractivity contribution is 5.96. The quantitative estimate of drug-likeness (QED) is 0.409. The molecule has 0 spiro atoms. The molecule has 0 fully saturated rings. The molecule has 0 atom stereocenters. The maximum atomic E-state index is 11.9. The van der Waals surface area contributed by atoms with Crippen molar-refractivity contribution in [3.63, 3.8) is 0 Å². The van der Waals surface area contributed by atoms with E-state index >= 15 is 0 Å². The number of rotatable bonds is 9. The van der Waals surface area contributed by atoms with Crippen LogP contribution >= 0.6 is 0 Å². The Labute approximate surface area is 168 Å². The highest BCUT2D eigenvalue weighted by Gasteiger charge is 2.07. The van der Waals surface area contributed by atoms with Crippen molar-refractivity contribution in [1.29, 1.82) is 0 Å². The van der Waals surface area contributed by atoms with Crippen LogP contribution in [-0.2, 0) is 4.79 Å². The Morgan fingerprint density at radius 2 is 1.59 bits per heavy atom. The third-order valence-corrected chi connectivity index (χ3v) is 3.79. The van der Waals surface area contributed by atoms with Crippen molar-refractivity contribution in [2.75, 3.05) is 30.3 Å². The molecule has 148 valence electrons. The van der Waals surface area contributed by atoms with Crippen LogP contribution in [0.25, 0.3) is 0 Å². The SMILES string of the molecule is O=C(CNC(=O)c1ccccc1)NCCNc1cc(Nc2ccccn2)ncn1. The van der Waals surface area contributed by atoms with Crippen LogP contribution in [0.3, 0.4) is 0 Å². The lowest BCUT2D eigenvalue weighted by atomic mass is 10.2. The predicted octanol–water partition coefficient (Wildman–Crippen LogP) is 1.57. The highest BCUT2D eigenvalue weighted by atomic mass is 16.2. The summed E-state index contributed by atoms with van der Waals surface area (Å²) in [4.78, 5) is 36.2. The Balaban J connectivity index is 1.36. The Kier molecular flexibility index (Phi) is 7.05. The average Bonchev–Trinajstić information content (AvgIpc) is 2.77. The lowest BCUT2D eigenvalue weighted by Gasteiger charge is -2.09. The molecule has 0 bridgehead atoms. The van der Waals surface area contributed by atoms with Crippen molar-refractivity contribution in [1.82, 2.24) is 25.6 Å². The number of pyridine rings is 1. The van der Waals surface area contributed by atoms with E-state index in [1.165, 1.54) is 6.33 Å². The van der Waals surface area contributed by atoms with Crippen LogP contribution in [0.4, 0.5) is 17.5 Å². The smallest absolute Gasteiger partial charge is 0.251 e. The van der Waals surface area contributed by atoms with Crippen LogP contribution in [0.5, 0.6) is 0 Å². The Morgan fingerprint density at radius 1 is 0.793 bits per heavy atom.